The average Bonchev–Trinajstić information content (AvgIpc) is 2.80. The van der Waals surface area contributed by atoms with Crippen molar-refractivity contribution in [2.24, 2.45) is 11.1 Å². The molecule has 0 spiro atoms. The lowest BCUT2D eigenvalue weighted by Crippen LogP contribution is -2.36. The summed E-state index contributed by atoms with van der Waals surface area (Å²) in [6.45, 7) is 7.51. The monoisotopic (exact) mass is 276 g/mol. The first-order valence-electron chi connectivity index (χ1n) is 7.24. The van der Waals surface area contributed by atoms with Gasteiger partial charge in [0.15, 0.2) is 0 Å². The van der Waals surface area contributed by atoms with Gasteiger partial charge in [0.1, 0.15) is 5.82 Å². The van der Waals surface area contributed by atoms with Gasteiger partial charge in [-0.1, -0.05) is 6.92 Å². The molecule has 5 heteroatoms. The zero-order valence-electron chi connectivity index (χ0n) is 12.4. The number of aromatic nitrogens is 1. The number of rotatable bonds is 6. The molecule has 0 aliphatic carbocycles. The number of primary amides is 1. The molecule has 1 atom stereocenters. The lowest BCUT2D eigenvalue weighted by molar-refractivity contribution is -0.126. The van der Waals surface area contributed by atoms with Gasteiger partial charge in [-0.3, -0.25) is 9.69 Å². The fourth-order valence-corrected chi connectivity index (χ4v) is 2.57. The van der Waals surface area contributed by atoms with E-state index in [0.29, 0.717) is 0 Å². The van der Waals surface area contributed by atoms with E-state index in [0.717, 1.165) is 44.8 Å². The second-order valence-electron chi connectivity index (χ2n) is 5.86. The third-order valence-electron chi connectivity index (χ3n) is 3.93. The highest BCUT2D eigenvalue weighted by Crippen LogP contribution is 2.30. The number of amides is 1. The molecule has 0 saturated carbocycles. The highest BCUT2D eigenvalue weighted by molar-refractivity contribution is 5.81. The van der Waals surface area contributed by atoms with Crippen LogP contribution in [0, 0.1) is 5.41 Å². The number of carbonyl (C=O) groups excluding carboxylic acids is 1. The molecule has 0 aromatic carbocycles. The van der Waals surface area contributed by atoms with Crippen LogP contribution < -0.4 is 11.1 Å². The lowest BCUT2D eigenvalue weighted by atomic mass is 9.89. The van der Waals surface area contributed by atoms with E-state index in [1.165, 1.54) is 5.56 Å². The van der Waals surface area contributed by atoms with Crippen molar-refractivity contribution in [3.8, 4) is 0 Å². The minimum Gasteiger partial charge on any atom is -0.370 e. The Morgan fingerprint density at radius 3 is 3.05 bits per heavy atom. The maximum atomic E-state index is 11.5. The van der Waals surface area contributed by atoms with E-state index in [2.05, 4.69) is 28.2 Å². The van der Waals surface area contributed by atoms with Gasteiger partial charge in [0.2, 0.25) is 5.91 Å². The van der Waals surface area contributed by atoms with Gasteiger partial charge >= 0.3 is 0 Å². The summed E-state index contributed by atoms with van der Waals surface area (Å²) >= 11 is 0. The van der Waals surface area contributed by atoms with E-state index in [1.807, 2.05) is 19.2 Å². The van der Waals surface area contributed by atoms with E-state index >= 15 is 0 Å². The molecule has 1 aromatic heterocycles. The molecule has 1 saturated heterocycles. The first kappa shape index (κ1) is 14.8. The molecule has 0 radical (unpaired) electrons. The largest absolute Gasteiger partial charge is 0.370 e. The quantitative estimate of drug-likeness (QED) is 0.828. The summed E-state index contributed by atoms with van der Waals surface area (Å²) in [5.74, 6) is 0.723. The molecule has 1 aliphatic heterocycles. The van der Waals surface area contributed by atoms with Gasteiger partial charge in [0.25, 0.3) is 0 Å². The smallest absolute Gasteiger partial charge is 0.224 e. The zero-order chi connectivity index (χ0) is 14.6. The molecular weight excluding hydrogens is 252 g/mol. The number of hydrogen-bond acceptors (Lipinski definition) is 4. The van der Waals surface area contributed by atoms with Gasteiger partial charge in [-0.25, -0.2) is 4.98 Å². The van der Waals surface area contributed by atoms with Crippen LogP contribution in [-0.4, -0.2) is 35.4 Å². The predicted octanol–water partition coefficient (Wildman–Crippen LogP) is 1.60. The molecule has 0 bridgehead atoms. The SMILES string of the molecule is CCCNc1cc(CN2CCC(C)(C(N)=O)C2)ccn1. The number of nitrogens with two attached hydrogens (primary N) is 1. The van der Waals surface area contributed by atoms with Crippen LogP contribution in [0.5, 0.6) is 0 Å². The van der Waals surface area contributed by atoms with Gasteiger partial charge in [0, 0.05) is 25.8 Å². The Kier molecular flexibility index (Phi) is 4.60. The Bertz CT molecular complexity index is 477. The minimum absolute atomic E-state index is 0.194. The molecule has 110 valence electrons. The summed E-state index contributed by atoms with van der Waals surface area (Å²) in [4.78, 5) is 18.1. The Morgan fingerprint density at radius 1 is 1.60 bits per heavy atom. The van der Waals surface area contributed by atoms with Crippen molar-refractivity contribution < 1.29 is 4.79 Å². The first-order chi connectivity index (χ1) is 9.53. The maximum Gasteiger partial charge on any atom is 0.224 e. The Labute approximate surface area is 120 Å². The summed E-state index contributed by atoms with van der Waals surface area (Å²) in [6.07, 6.45) is 3.75. The summed E-state index contributed by atoms with van der Waals surface area (Å²) < 4.78 is 0. The van der Waals surface area contributed by atoms with Crippen molar-refractivity contribution >= 4 is 11.7 Å². The summed E-state index contributed by atoms with van der Waals surface area (Å²) in [7, 11) is 0. The fourth-order valence-electron chi connectivity index (χ4n) is 2.57. The van der Waals surface area contributed by atoms with Crippen LogP contribution in [0.1, 0.15) is 32.3 Å². The second kappa shape index (κ2) is 6.22. The van der Waals surface area contributed by atoms with Crippen LogP contribution in [0.15, 0.2) is 18.3 Å². The summed E-state index contributed by atoms with van der Waals surface area (Å²) in [5, 5.41) is 3.29. The molecule has 1 unspecified atom stereocenters. The molecular formula is C15H24N4O. The van der Waals surface area contributed by atoms with Crippen molar-refractivity contribution in [1.29, 1.82) is 0 Å². The van der Waals surface area contributed by atoms with Crippen LogP contribution in [0.25, 0.3) is 0 Å². The van der Waals surface area contributed by atoms with E-state index in [9.17, 15) is 4.79 Å². The van der Waals surface area contributed by atoms with Gasteiger partial charge in [-0.2, -0.15) is 0 Å². The number of carbonyl (C=O) groups is 1. The standard InChI is InChI=1S/C15H24N4O/c1-3-6-17-13-9-12(4-7-18-13)10-19-8-5-15(2,11-19)14(16)20/h4,7,9H,3,5-6,8,10-11H2,1-2H3,(H2,16,20)(H,17,18). The van der Waals surface area contributed by atoms with Crippen molar-refractivity contribution in [1.82, 2.24) is 9.88 Å². The highest BCUT2D eigenvalue weighted by atomic mass is 16.1. The summed E-state index contributed by atoms with van der Waals surface area (Å²) in [6, 6.07) is 4.10. The van der Waals surface area contributed by atoms with Gasteiger partial charge in [-0.15, -0.1) is 0 Å². The Hall–Kier alpha value is -1.62. The van der Waals surface area contributed by atoms with Crippen molar-refractivity contribution in [3.63, 3.8) is 0 Å². The van der Waals surface area contributed by atoms with Gasteiger partial charge in [0.05, 0.1) is 5.41 Å². The molecule has 1 fully saturated rings. The van der Waals surface area contributed by atoms with Crippen LogP contribution in [0.4, 0.5) is 5.82 Å². The van der Waals surface area contributed by atoms with Crippen molar-refractivity contribution in [2.45, 2.75) is 33.2 Å². The molecule has 1 aromatic rings. The Balaban J connectivity index is 1.96. The number of pyridine rings is 1. The molecule has 1 aliphatic rings. The normalized spacial score (nSPS) is 22.9. The molecule has 20 heavy (non-hydrogen) atoms. The van der Waals surface area contributed by atoms with E-state index in [-0.39, 0.29) is 11.3 Å². The van der Waals surface area contributed by atoms with Crippen molar-refractivity contribution in [3.05, 3.63) is 23.9 Å². The molecule has 2 rings (SSSR count). The van der Waals surface area contributed by atoms with Crippen LogP contribution >= 0.6 is 0 Å². The third kappa shape index (κ3) is 3.48. The fraction of sp³-hybridized carbons (Fsp3) is 0.600. The summed E-state index contributed by atoms with van der Waals surface area (Å²) in [5.41, 5.74) is 6.32. The zero-order valence-corrected chi connectivity index (χ0v) is 12.4. The van der Waals surface area contributed by atoms with Crippen LogP contribution in [-0.2, 0) is 11.3 Å². The predicted molar refractivity (Wildman–Crippen MR) is 80.2 cm³/mol. The number of nitrogens with zero attached hydrogens (tertiary/aromatic N) is 2. The first-order valence-corrected chi connectivity index (χ1v) is 7.24. The maximum absolute atomic E-state index is 11.5. The van der Waals surface area contributed by atoms with Gasteiger partial charge in [-0.05, 0) is 44.0 Å². The number of anilines is 1. The second-order valence-corrected chi connectivity index (χ2v) is 5.86. The lowest BCUT2D eigenvalue weighted by Gasteiger charge is -2.21. The van der Waals surface area contributed by atoms with Crippen molar-refractivity contribution in [2.75, 3.05) is 25.0 Å². The molecule has 1 amide bonds. The topological polar surface area (TPSA) is 71.2 Å². The minimum atomic E-state index is -0.379. The van der Waals surface area contributed by atoms with E-state index in [4.69, 9.17) is 5.73 Å². The van der Waals surface area contributed by atoms with Crippen LogP contribution in [0.3, 0.4) is 0 Å². The third-order valence-corrected chi connectivity index (χ3v) is 3.93. The Morgan fingerprint density at radius 2 is 2.40 bits per heavy atom. The number of hydrogen-bond donors (Lipinski definition) is 2. The molecule has 3 N–H and O–H groups in total. The number of nitrogens with one attached hydrogen (secondary N) is 1. The van der Waals surface area contributed by atoms with Gasteiger partial charge < -0.3 is 11.1 Å². The molecule has 2 heterocycles. The average molecular weight is 276 g/mol. The van der Waals surface area contributed by atoms with Crippen LogP contribution in [0.2, 0.25) is 0 Å². The number of likely N-dealkylation sites (tertiary alicyclic amines) is 1. The molecule has 5 nitrogen and oxygen atoms in total. The van der Waals surface area contributed by atoms with E-state index < -0.39 is 0 Å². The highest BCUT2D eigenvalue weighted by Gasteiger charge is 2.38. The van der Waals surface area contributed by atoms with E-state index in [1.54, 1.807) is 0 Å².